The highest BCUT2D eigenvalue weighted by atomic mass is 16.3. The van der Waals surface area contributed by atoms with Gasteiger partial charge in [-0.3, -0.25) is 4.98 Å². The maximum Gasteiger partial charge on any atom is 0.319 e. The number of carbonyl (C=O) groups excluding carboxylic acids is 1. The van der Waals surface area contributed by atoms with Gasteiger partial charge in [0.2, 0.25) is 0 Å². The van der Waals surface area contributed by atoms with Crippen LogP contribution in [0.3, 0.4) is 0 Å². The summed E-state index contributed by atoms with van der Waals surface area (Å²) in [7, 11) is 0. The molecular weight excluding hydrogens is 266 g/mol. The molecule has 1 heterocycles. The summed E-state index contributed by atoms with van der Waals surface area (Å²) in [4.78, 5) is 15.8. The second-order valence-corrected chi connectivity index (χ2v) is 4.78. The van der Waals surface area contributed by atoms with Gasteiger partial charge in [0.15, 0.2) is 0 Å². The summed E-state index contributed by atoms with van der Waals surface area (Å²) in [5, 5.41) is 15.4. The van der Waals surface area contributed by atoms with Crippen LogP contribution in [0.4, 0.5) is 10.5 Å². The van der Waals surface area contributed by atoms with Gasteiger partial charge in [-0.25, -0.2) is 4.79 Å². The first-order valence-corrected chi connectivity index (χ1v) is 6.85. The van der Waals surface area contributed by atoms with E-state index < -0.39 is 6.10 Å². The molecule has 2 amide bonds. The van der Waals surface area contributed by atoms with Crippen molar-refractivity contribution < 1.29 is 9.90 Å². The minimum atomic E-state index is -0.574. The molecule has 0 spiro atoms. The number of aliphatic hydroxyl groups is 1. The maximum atomic E-state index is 11.7. The zero-order valence-electron chi connectivity index (χ0n) is 11.9. The summed E-state index contributed by atoms with van der Waals surface area (Å²) in [5.74, 6) is 0. The second-order valence-electron chi connectivity index (χ2n) is 4.78. The number of hydrogen-bond acceptors (Lipinski definition) is 3. The van der Waals surface area contributed by atoms with E-state index in [1.165, 1.54) is 0 Å². The van der Waals surface area contributed by atoms with Crippen LogP contribution in [0.5, 0.6) is 0 Å². The lowest BCUT2D eigenvalue weighted by Gasteiger charge is -2.12. The zero-order chi connectivity index (χ0) is 15.1. The minimum absolute atomic E-state index is 0.291. The Bertz CT molecular complexity index is 587. The first-order chi connectivity index (χ1) is 10.1. The molecule has 1 atom stereocenters. The predicted octanol–water partition coefficient (Wildman–Crippen LogP) is 2.64. The molecular formula is C16H19N3O2. The molecule has 2 rings (SSSR count). The van der Waals surface area contributed by atoms with Crippen LogP contribution in [0.25, 0.3) is 0 Å². The van der Waals surface area contributed by atoms with E-state index >= 15 is 0 Å². The van der Waals surface area contributed by atoms with Gasteiger partial charge in [-0.1, -0.05) is 30.3 Å². The Balaban J connectivity index is 1.74. The SMILES string of the molecule is Cc1cc(NC(=O)NCCC(O)c2ccccc2)ccn1. The third-order valence-electron chi connectivity index (χ3n) is 3.04. The van der Waals surface area contributed by atoms with E-state index in [9.17, 15) is 9.90 Å². The highest BCUT2D eigenvalue weighted by molar-refractivity contribution is 5.89. The van der Waals surface area contributed by atoms with Gasteiger partial charge in [0.1, 0.15) is 0 Å². The lowest BCUT2D eigenvalue weighted by Crippen LogP contribution is -2.30. The molecule has 0 saturated heterocycles. The molecule has 0 bridgehead atoms. The van der Waals surface area contributed by atoms with Gasteiger partial charge in [-0.15, -0.1) is 0 Å². The average molecular weight is 285 g/mol. The fraction of sp³-hybridized carbons (Fsp3) is 0.250. The summed E-state index contributed by atoms with van der Waals surface area (Å²) >= 11 is 0. The van der Waals surface area contributed by atoms with E-state index in [4.69, 9.17) is 0 Å². The molecule has 1 aromatic carbocycles. The first-order valence-electron chi connectivity index (χ1n) is 6.85. The Hall–Kier alpha value is -2.40. The molecule has 2 aromatic rings. The van der Waals surface area contributed by atoms with Gasteiger partial charge >= 0.3 is 6.03 Å². The van der Waals surface area contributed by atoms with Gasteiger partial charge in [-0.2, -0.15) is 0 Å². The van der Waals surface area contributed by atoms with Gasteiger partial charge in [-0.05, 0) is 31.0 Å². The molecule has 1 unspecified atom stereocenters. The number of aliphatic hydroxyl groups excluding tert-OH is 1. The third kappa shape index (κ3) is 4.89. The van der Waals surface area contributed by atoms with Crippen molar-refractivity contribution in [3.63, 3.8) is 0 Å². The highest BCUT2D eigenvalue weighted by Crippen LogP contribution is 2.14. The number of nitrogens with zero attached hydrogens (tertiary/aromatic N) is 1. The van der Waals surface area contributed by atoms with Crippen LogP contribution in [0, 0.1) is 6.92 Å². The van der Waals surface area contributed by atoms with Crippen LogP contribution >= 0.6 is 0 Å². The zero-order valence-corrected chi connectivity index (χ0v) is 11.9. The maximum absolute atomic E-state index is 11.7. The van der Waals surface area contributed by atoms with E-state index in [2.05, 4.69) is 15.6 Å². The van der Waals surface area contributed by atoms with Crippen LogP contribution in [-0.4, -0.2) is 22.7 Å². The van der Waals surface area contributed by atoms with Crippen molar-refractivity contribution in [2.75, 3.05) is 11.9 Å². The van der Waals surface area contributed by atoms with E-state index in [0.29, 0.717) is 18.7 Å². The summed E-state index contributed by atoms with van der Waals surface area (Å²) in [5.41, 5.74) is 2.39. The summed E-state index contributed by atoms with van der Waals surface area (Å²) in [6.07, 6.45) is 1.53. The average Bonchev–Trinajstić information content (AvgIpc) is 2.48. The lowest BCUT2D eigenvalue weighted by atomic mass is 10.1. The molecule has 5 heteroatoms. The Labute approximate surface area is 124 Å². The number of aryl methyl sites for hydroxylation is 1. The number of anilines is 1. The fourth-order valence-electron chi connectivity index (χ4n) is 1.96. The number of benzene rings is 1. The van der Waals surface area contributed by atoms with E-state index in [1.807, 2.05) is 37.3 Å². The first kappa shape index (κ1) is 15.0. The van der Waals surface area contributed by atoms with Crippen molar-refractivity contribution >= 4 is 11.7 Å². The Morgan fingerprint density at radius 1 is 1.29 bits per heavy atom. The van der Waals surface area contributed by atoms with Gasteiger partial charge < -0.3 is 15.7 Å². The van der Waals surface area contributed by atoms with Crippen molar-refractivity contribution in [2.45, 2.75) is 19.4 Å². The number of rotatable bonds is 5. The topological polar surface area (TPSA) is 74.2 Å². The van der Waals surface area contributed by atoms with Crippen LogP contribution in [0.15, 0.2) is 48.7 Å². The molecule has 1 aromatic heterocycles. The lowest BCUT2D eigenvalue weighted by molar-refractivity contribution is 0.167. The fourth-order valence-corrected chi connectivity index (χ4v) is 1.96. The van der Waals surface area contributed by atoms with Gasteiger partial charge in [0.25, 0.3) is 0 Å². The Kier molecular flexibility index (Phi) is 5.29. The van der Waals surface area contributed by atoms with E-state index in [1.54, 1.807) is 18.3 Å². The molecule has 0 aliphatic carbocycles. The van der Waals surface area contributed by atoms with Gasteiger partial charge in [0.05, 0.1) is 6.10 Å². The minimum Gasteiger partial charge on any atom is -0.388 e. The highest BCUT2D eigenvalue weighted by Gasteiger charge is 2.07. The molecule has 21 heavy (non-hydrogen) atoms. The molecule has 5 nitrogen and oxygen atoms in total. The summed E-state index contributed by atoms with van der Waals surface area (Å²) in [6, 6.07) is 12.6. The van der Waals surface area contributed by atoms with E-state index in [0.717, 1.165) is 11.3 Å². The molecule has 0 aliphatic heterocycles. The quantitative estimate of drug-likeness (QED) is 0.790. The summed E-state index contributed by atoms with van der Waals surface area (Å²) in [6.45, 7) is 2.26. The normalized spacial score (nSPS) is 11.7. The monoisotopic (exact) mass is 285 g/mol. The summed E-state index contributed by atoms with van der Waals surface area (Å²) < 4.78 is 0. The number of nitrogens with one attached hydrogen (secondary N) is 2. The molecule has 3 N–H and O–H groups in total. The second kappa shape index (κ2) is 7.40. The van der Waals surface area contributed by atoms with Crippen LogP contribution in [0.1, 0.15) is 23.8 Å². The van der Waals surface area contributed by atoms with Crippen LogP contribution < -0.4 is 10.6 Å². The van der Waals surface area contributed by atoms with Crippen molar-refractivity contribution in [1.82, 2.24) is 10.3 Å². The molecule has 0 saturated carbocycles. The largest absolute Gasteiger partial charge is 0.388 e. The Morgan fingerprint density at radius 3 is 2.76 bits per heavy atom. The van der Waals surface area contributed by atoms with Crippen molar-refractivity contribution in [3.05, 3.63) is 59.9 Å². The van der Waals surface area contributed by atoms with Crippen molar-refractivity contribution in [1.29, 1.82) is 0 Å². The van der Waals surface area contributed by atoms with Crippen molar-refractivity contribution in [2.24, 2.45) is 0 Å². The molecule has 110 valence electrons. The number of urea groups is 1. The van der Waals surface area contributed by atoms with Gasteiger partial charge in [0, 0.05) is 24.1 Å². The number of hydrogen-bond donors (Lipinski definition) is 3. The number of amides is 2. The number of pyridine rings is 1. The number of carbonyl (C=O) groups is 1. The molecule has 0 aliphatic rings. The number of aromatic nitrogens is 1. The Morgan fingerprint density at radius 2 is 2.05 bits per heavy atom. The molecule has 0 fully saturated rings. The van der Waals surface area contributed by atoms with Crippen LogP contribution in [-0.2, 0) is 0 Å². The van der Waals surface area contributed by atoms with E-state index in [-0.39, 0.29) is 6.03 Å². The third-order valence-corrected chi connectivity index (χ3v) is 3.04. The van der Waals surface area contributed by atoms with Crippen molar-refractivity contribution in [3.8, 4) is 0 Å². The predicted molar refractivity (Wildman–Crippen MR) is 82.0 cm³/mol. The van der Waals surface area contributed by atoms with Crippen LogP contribution in [0.2, 0.25) is 0 Å². The smallest absolute Gasteiger partial charge is 0.319 e. The standard InChI is InChI=1S/C16H19N3O2/c1-12-11-14(7-9-17-12)19-16(21)18-10-8-15(20)13-5-3-2-4-6-13/h2-7,9,11,15,20H,8,10H2,1H3,(H2,17,18,19,21). The molecule has 0 radical (unpaired) electrons.